The van der Waals surface area contributed by atoms with Crippen molar-refractivity contribution in [1.29, 1.82) is 0 Å². The first-order valence-corrected chi connectivity index (χ1v) is 8.33. The summed E-state index contributed by atoms with van der Waals surface area (Å²) in [7, 11) is -1.27. The molecule has 0 amide bonds. The van der Waals surface area contributed by atoms with E-state index in [-0.39, 0.29) is 0 Å². The minimum absolute atomic E-state index is 0.769. The summed E-state index contributed by atoms with van der Waals surface area (Å²) in [6.07, 6.45) is 2.66. The quantitative estimate of drug-likeness (QED) is 0.681. The number of rotatable bonds is 3. The van der Waals surface area contributed by atoms with Gasteiger partial charge in [-0.15, -0.1) is 0 Å². The molecule has 72 valence electrons. The average molecular weight is 187 g/mol. The van der Waals surface area contributed by atoms with E-state index in [1.165, 1.54) is 19.4 Å². The van der Waals surface area contributed by atoms with Crippen LogP contribution in [0.1, 0.15) is 12.8 Å². The summed E-state index contributed by atoms with van der Waals surface area (Å²) in [6, 6.07) is 0. The topological polar surface area (TPSA) is 21.3 Å². The van der Waals surface area contributed by atoms with Crippen molar-refractivity contribution in [2.75, 3.05) is 19.7 Å². The molecular formula is C9H21NOSi. The molecule has 0 aromatic carbocycles. The Hall–Kier alpha value is 0.137. The van der Waals surface area contributed by atoms with Crippen molar-refractivity contribution < 1.29 is 4.43 Å². The molecular weight excluding hydrogens is 166 g/mol. The highest BCUT2D eigenvalue weighted by Crippen LogP contribution is 2.13. The third kappa shape index (κ3) is 4.23. The number of hydrogen-bond acceptors (Lipinski definition) is 2. The molecule has 1 rings (SSSR count). The third-order valence-corrected chi connectivity index (χ3v) is 3.18. The molecule has 0 aliphatic carbocycles. The molecule has 0 spiro atoms. The van der Waals surface area contributed by atoms with Crippen molar-refractivity contribution in [2.45, 2.75) is 32.5 Å². The van der Waals surface area contributed by atoms with Gasteiger partial charge in [0, 0.05) is 13.2 Å². The van der Waals surface area contributed by atoms with Crippen molar-refractivity contribution in [3.05, 3.63) is 0 Å². The lowest BCUT2D eigenvalue weighted by molar-refractivity contribution is 0.213. The fraction of sp³-hybridized carbons (Fsp3) is 1.00. The molecule has 2 nitrogen and oxygen atoms in total. The second kappa shape index (κ2) is 4.39. The maximum absolute atomic E-state index is 5.87. The predicted molar refractivity (Wildman–Crippen MR) is 54.9 cm³/mol. The van der Waals surface area contributed by atoms with Crippen LogP contribution < -0.4 is 5.32 Å². The van der Waals surface area contributed by atoms with E-state index in [1.54, 1.807) is 0 Å². The van der Waals surface area contributed by atoms with E-state index in [0.717, 1.165) is 19.1 Å². The summed E-state index contributed by atoms with van der Waals surface area (Å²) in [5.74, 6) is 0.769. The van der Waals surface area contributed by atoms with Gasteiger partial charge in [-0.05, 0) is 44.9 Å². The van der Waals surface area contributed by atoms with Gasteiger partial charge in [0.1, 0.15) is 0 Å². The zero-order chi connectivity index (χ0) is 9.03. The van der Waals surface area contributed by atoms with Crippen LogP contribution in [0.25, 0.3) is 0 Å². The van der Waals surface area contributed by atoms with Crippen LogP contribution in [0.15, 0.2) is 0 Å². The summed E-state index contributed by atoms with van der Waals surface area (Å²) >= 11 is 0. The standard InChI is InChI=1S/C9H21NOSi/c1-12(2,3)11-8-9-5-4-6-10-7-9/h9-10H,4-8H2,1-3H3. The van der Waals surface area contributed by atoms with E-state index >= 15 is 0 Å². The van der Waals surface area contributed by atoms with Crippen molar-refractivity contribution in [1.82, 2.24) is 5.32 Å². The highest BCUT2D eigenvalue weighted by atomic mass is 28.4. The zero-order valence-corrected chi connectivity index (χ0v) is 9.52. The molecule has 0 aromatic heterocycles. The van der Waals surface area contributed by atoms with Gasteiger partial charge in [-0.3, -0.25) is 0 Å². The molecule has 0 aromatic rings. The molecule has 0 bridgehead atoms. The maximum Gasteiger partial charge on any atom is 0.183 e. The first kappa shape index (κ1) is 10.2. The van der Waals surface area contributed by atoms with E-state index in [1.807, 2.05) is 0 Å². The van der Waals surface area contributed by atoms with Crippen LogP contribution in [0.2, 0.25) is 19.6 Å². The highest BCUT2D eigenvalue weighted by molar-refractivity contribution is 6.69. The van der Waals surface area contributed by atoms with Gasteiger partial charge in [0.15, 0.2) is 8.32 Å². The van der Waals surface area contributed by atoms with Crippen LogP contribution in [0.4, 0.5) is 0 Å². The van der Waals surface area contributed by atoms with E-state index in [2.05, 4.69) is 25.0 Å². The lowest BCUT2D eigenvalue weighted by Gasteiger charge is -2.26. The Morgan fingerprint density at radius 3 is 2.67 bits per heavy atom. The van der Waals surface area contributed by atoms with Gasteiger partial charge in [-0.25, -0.2) is 0 Å². The molecule has 0 saturated carbocycles. The van der Waals surface area contributed by atoms with Crippen molar-refractivity contribution in [3.8, 4) is 0 Å². The Balaban J connectivity index is 2.13. The third-order valence-electron chi connectivity index (χ3n) is 2.15. The van der Waals surface area contributed by atoms with Gasteiger partial charge >= 0.3 is 0 Å². The summed E-state index contributed by atoms with van der Waals surface area (Å²) in [4.78, 5) is 0. The Labute approximate surface area is 76.8 Å². The molecule has 12 heavy (non-hydrogen) atoms. The largest absolute Gasteiger partial charge is 0.417 e. The Morgan fingerprint density at radius 1 is 1.42 bits per heavy atom. The maximum atomic E-state index is 5.87. The van der Waals surface area contributed by atoms with Gasteiger partial charge in [-0.2, -0.15) is 0 Å². The summed E-state index contributed by atoms with van der Waals surface area (Å²) in [5, 5.41) is 3.41. The van der Waals surface area contributed by atoms with Gasteiger partial charge in [0.25, 0.3) is 0 Å². The van der Waals surface area contributed by atoms with E-state index in [9.17, 15) is 0 Å². The van der Waals surface area contributed by atoms with Crippen molar-refractivity contribution in [3.63, 3.8) is 0 Å². The predicted octanol–water partition coefficient (Wildman–Crippen LogP) is 1.84. The van der Waals surface area contributed by atoms with E-state index in [0.29, 0.717) is 0 Å². The van der Waals surface area contributed by atoms with Gasteiger partial charge < -0.3 is 9.74 Å². The average Bonchev–Trinajstić information content (AvgIpc) is 2.02. The number of piperidine rings is 1. The van der Waals surface area contributed by atoms with Gasteiger partial charge in [-0.1, -0.05) is 0 Å². The minimum Gasteiger partial charge on any atom is -0.417 e. The monoisotopic (exact) mass is 187 g/mol. The normalized spacial score (nSPS) is 25.8. The zero-order valence-electron chi connectivity index (χ0n) is 8.52. The van der Waals surface area contributed by atoms with E-state index in [4.69, 9.17) is 4.43 Å². The van der Waals surface area contributed by atoms with Crippen LogP contribution in [0.3, 0.4) is 0 Å². The Kier molecular flexibility index (Phi) is 3.74. The fourth-order valence-electron chi connectivity index (χ4n) is 1.43. The minimum atomic E-state index is -1.27. The van der Waals surface area contributed by atoms with Crippen molar-refractivity contribution in [2.24, 2.45) is 5.92 Å². The molecule has 1 atom stereocenters. The molecule has 1 saturated heterocycles. The molecule has 1 aliphatic heterocycles. The first-order chi connectivity index (χ1) is 5.58. The first-order valence-electron chi connectivity index (χ1n) is 4.92. The highest BCUT2D eigenvalue weighted by Gasteiger charge is 2.18. The second-order valence-electron chi connectivity index (χ2n) is 4.64. The van der Waals surface area contributed by atoms with Gasteiger partial charge in [0.2, 0.25) is 0 Å². The van der Waals surface area contributed by atoms with Crippen LogP contribution in [0.5, 0.6) is 0 Å². The summed E-state index contributed by atoms with van der Waals surface area (Å²) in [6.45, 7) is 10.1. The van der Waals surface area contributed by atoms with Crippen LogP contribution in [0, 0.1) is 5.92 Å². The van der Waals surface area contributed by atoms with Crippen molar-refractivity contribution >= 4 is 8.32 Å². The Bertz CT molecular complexity index is 127. The van der Waals surface area contributed by atoms with Crippen LogP contribution in [-0.2, 0) is 4.43 Å². The SMILES string of the molecule is C[Si](C)(C)OCC1CCCNC1. The smallest absolute Gasteiger partial charge is 0.183 e. The lowest BCUT2D eigenvalue weighted by atomic mass is 10.0. The molecule has 1 fully saturated rings. The molecule has 0 radical (unpaired) electrons. The lowest BCUT2D eigenvalue weighted by Crippen LogP contribution is -2.36. The second-order valence-corrected chi connectivity index (χ2v) is 9.15. The molecule has 1 heterocycles. The molecule has 1 aliphatic rings. The summed E-state index contributed by atoms with van der Waals surface area (Å²) < 4.78 is 5.87. The molecule has 3 heteroatoms. The molecule has 1 N–H and O–H groups in total. The molecule has 1 unspecified atom stereocenters. The summed E-state index contributed by atoms with van der Waals surface area (Å²) in [5.41, 5.74) is 0. The van der Waals surface area contributed by atoms with E-state index < -0.39 is 8.32 Å². The number of nitrogens with one attached hydrogen (secondary N) is 1. The fourth-order valence-corrected chi connectivity index (χ4v) is 2.17. The Morgan fingerprint density at radius 2 is 2.17 bits per heavy atom. The van der Waals surface area contributed by atoms with Crippen LogP contribution >= 0.6 is 0 Å². The number of hydrogen-bond donors (Lipinski definition) is 1. The van der Waals surface area contributed by atoms with Gasteiger partial charge in [0.05, 0.1) is 0 Å². The van der Waals surface area contributed by atoms with Crippen LogP contribution in [-0.4, -0.2) is 28.0 Å².